The van der Waals surface area contributed by atoms with Crippen molar-refractivity contribution in [3.63, 3.8) is 0 Å². The summed E-state index contributed by atoms with van der Waals surface area (Å²) in [6.07, 6.45) is 73.8. The summed E-state index contributed by atoms with van der Waals surface area (Å²) in [5.41, 5.74) is 0. The van der Waals surface area contributed by atoms with Crippen LogP contribution >= 0.6 is 15.6 Å². The van der Waals surface area contributed by atoms with Gasteiger partial charge in [0.05, 0.1) is 26.4 Å². The molecule has 19 heteroatoms. The van der Waals surface area contributed by atoms with Crippen LogP contribution in [0.3, 0.4) is 0 Å². The molecule has 0 aliphatic rings. The minimum atomic E-state index is -4.97. The SMILES string of the molecule is CCCCCCCCCCCCCCCCCCCCCCC(=O)OC[C@H](COP(=O)(O)OC[C@@H](O)COP(=O)(O)OC[C@@H](COC(=O)CCCCCCCCCC)OC(=O)CCCCCCCCCCCCCCCCCCC)OC(=O)CCCCCCCCCCCCCCCCCCCCC(C)C. The number of esters is 4. The van der Waals surface area contributed by atoms with Crippen LogP contribution in [0.15, 0.2) is 0 Å². The Hall–Kier alpha value is -1.94. The first-order chi connectivity index (χ1) is 51.5. The fourth-order valence-corrected chi connectivity index (χ4v) is 15.2. The van der Waals surface area contributed by atoms with Crippen LogP contribution in [-0.4, -0.2) is 96.7 Å². The van der Waals surface area contributed by atoms with Gasteiger partial charge >= 0.3 is 39.5 Å². The zero-order valence-electron chi connectivity index (χ0n) is 69.6. The molecule has 5 atom stereocenters. The molecule has 0 fully saturated rings. The van der Waals surface area contributed by atoms with E-state index in [0.717, 1.165) is 95.8 Å². The number of phosphoric acid groups is 2. The van der Waals surface area contributed by atoms with Crippen molar-refractivity contribution in [3.05, 3.63) is 0 Å². The number of unbranched alkanes of at least 4 members (excludes halogenated alkanes) is 59. The third kappa shape index (κ3) is 80.1. The van der Waals surface area contributed by atoms with Gasteiger partial charge in [-0.1, -0.05) is 420 Å². The molecule has 0 spiro atoms. The molecular weight excluding hydrogens is 1380 g/mol. The van der Waals surface area contributed by atoms with Gasteiger partial charge in [-0.05, 0) is 31.6 Å². The number of hydrogen-bond donors (Lipinski definition) is 3. The van der Waals surface area contributed by atoms with Gasteiger partial charge in [0.25, 0.3) is 0 Å². The quantitative estimate of drug-likeness (QED) is 0.0222. The van der Waals surface area contributed by atoms with Gasteiger partial charge in [-0.3, -0.25) is 37.3 Å². The van der Waals surface area contributed by atoms with Crippen molar-refractivity contribution in [1.29, 1.82) is 0 Å². The largest absolute Gasteiger partial charge is 0.472 e. The molecule has 0 amide bonds. The van der Waals surface area contributed by atoms with Gasteiger partial charge in [0, 0.05) is 25.7 Å². The molecular formula is C87H170O17P2. The number of aliphatic hydroxyl groups excluding tert-OH is 1. The molecule has 0 heterocycles. The van der Waals surface area contributed by atoms with Crippen molar-refractivity contribution >= 4 is 39.5 Å². The monoisotopic (exact) mass is 1550 g/mol. The Kier molecular flexibility index (Phi) is 78.2. The summed E-state index contributed by atoms with van der Waals surface area (Å²) < 4.78 is 68.8. The van der Waals surface area contributed by atoms with E-state index in [1.807, 2.05) is 0 Å². The number of hydrogen-bond acceptors (Lipinski definition) is 15. The summed E-state index contributed by atoms with van der Waals surface area (Å²) in [4.78, 5) is 73.1. The van der Waals surface area contributed by atoms with Crippen molar-refractivity contribution < 1.29 is 80.2 Å². The molecule has 3 N–H and O–H groups in total. The Morgan fingerprint density at radius 3 is 0.642 bits per heavy atom. The van der Waals surface area contributed by atoms with Crippen LogP contribution < -0.4 is 0 Å². The molecule has 0 saturated heterocycles. The number of rotatable bonds is 87. The lowest BCUT2D eigenvalue weighted by molar-refractivity contribution is -0.161. The van der Waals surface area contributed by atoms with Crippen LogP contribution in [0.1, 0.15) is 471 Å². The van der Waals surface area contributed by atoms with Crippen LogP contribution in [0.5, 0.6) is 0 Å². The lowest BCUT2D eigenvalue weighted by atomic mass is 10.0. The van der Waals surface area contributed by atoms with E-state index < -0.39 is 97.5 Å². The minimum absolute atomic E-state index is 0.109. The van der Waals surface area contributed by atoms with Gasteiger partial charge in [0.2, 0.25) is 0 Å². The molecule has 2 unspecified atom stereocenters. The number of aliphatic hydroxyl groups is 1. The Bertz CT molecular complexity index is 2010. The molecule has 0 bridgehead atoms. The number of ether oxygens (including phenoxy) is 4. The Morgan fingerprint density at radius 2 is 0.434 bits per heavy atom. The van der Waals surface area contributed by atoms with Crippen LogP contribution in [0, 0.1) is 5.92 Å². The fourth-order valence-electron chi connectivity index (χ4n) is 13.6. The van der Waals surface area contributed by atoms with E-state index >= 15 is 0 Å². The maximum Gasteiger partial charge on any atom is 0.472 e. The second kappa shape index (κ2) is 79.7. The van der Waals surface area contributed by atoms with Crippen molar-refractivity contribution in [1.82, 2.24) is 0 Å². The Balaban J connectivity index is 5.18. The lowest BCUT2D eigenvalue weighted by Crippen LogP contribution is -2.30. The molecule has 106 heavy (non-hydrogen) atoms. The zero-order valence-corrected chi connectivity index (χ0v) is 71.4. The van der Waals surface area contributed by atoms with Gasteiger partial charge < -0.3 is 33.8 Å². The van der Waals surface area contributed by atoms with Crippen LogP contribution in [0.4, 0.5) is 0 Å². The fraction of sp³-hybridized carbons (Fsp3) is 0.954. The summed E-state index contributed by atoms with van der Waals surface area (Å²) in [5, 5.41) is 10.7. The molecule has 0 aliphatic carbocycles. The maximum atomic E-state index is 13.1. The first-order valence-corrected chi connectivity index (χ1v) is 48.1. The second-order valence-corrected chi connectivity index (χ2v) is 34.7. The summed E-state index contributed by atoms with van der Waals surface area (Å²) in [6, 6.07) is 0. The average Bonchev–Trinajstić information content (AvgIpc) is 0.903. The average molecular weight is 1550 g/mol. The standard InChI is InChI=1S/C87H170O17P2/c1-6-9-12-15-18-21-23-25-27-29-30-31-36-39-43-47-51-56-61-66-71-85(90)98-77-83(104-87(92)73-68-63-58-53-49-45-41-37-33-32-35-38-42-46-50-54-59-64-69-80(4)5)79-102-106(95,96)100-75-81(88)74-99-105(93,94)101-78-82(76-97-84(89)70-65-60-55-20-17-14-11-8-3)103-86(91)72-67-62-57-52-48-44-40-34-28-26-24-22-19-16-13-10-7-2/h80-83,88H,6-79H2,1-5H3,(H,93,94)(H,95,96)/t81-,82+,83+/m0/s1. The number of carbonyl (C=O) groups is 4. The third-order valence-corrected chi connectivity index (χ3v) is 22.4. The van der Waals surface area contributed by atoms with Crippen molar-refractivity contribution in [3.8, 4) is 0 Å². The molecule has 0 aromatic rings. The molecule has 0 radical (unpaired) electrons. The predicted octanol–water partition coefficient (Wildman–Crippen LogP) is 26.8. The van der Waals surface area contributed by atoms with Gasteiger partial charge in [-0.2, -0.15) is 0 Å². The maximum absolute atomic E-state index is 13.1. The van der Waals surface area contributed by atoms with Gasteiger partial charge in [0.15, 0.2) is 12.2 Å². The van der Waals surface area contributed by atoms with Crippen LogP contribution in [0.25, 0.3) is 0 Å². The highest BCUT2D eigenvalue weighted by Crippen LogP contribution is 2.45. The van der Waals surface area contributed by atoms with E-state index in [1.165, 1.54) is 295 Å². The molecule has 0 saturated carbocycles. The van der Waals surface area contributed by atoms with Crippen LogP contribution in [0.2, 0.25) is 0 Å². The molecule has 0 aromatic carbocycles. The van der Waals surface area contributed by atoms with Crippen molar-refractivity contribution in [2.75, 3.05) is 39.6 Å². The molecule has 0 aliphatic heterocycles. The first-order valence-electron chi connectivity index (χ1n) is 45.1. The van der Waals surface area contributed by atoms with E-state index in [1.54, 1.807) is 0 Å². The van der Waals surface area contributed by atoms with Crippen molar-refractivity contribution in [2.24, 2.45) is 5.92 Å². The normalized spacial score (nSPS) is 13.7. The van der Waals surface area contributed by atoms with E-state index in [0.29, 0.717) is 25.7 Å². The highest BCUT2D eigenvalue weighted by atomic mass is 31.2. The predicted molar refractivity (Wildman–Crippen MR) is 437 cm³/mol. The third-order valence-electron chi connectivity index (χ3n) is 20.5. The van der Waals surface area contributed by atoms with E-state index in [9.17, 15) is 43.2 Å². The van der Waals surface area contributed by atoms with E-state index in [2.05, 4.69) is 34.6 Å². The molecule has 17 nitrogen and oxygen atoms in total. The van der Waals surface area contributed by atoms with Gasteiger partial charge in [-0.15, -0.1) is 0 Å². The topological polar surface area (TPSA) is 237 Å². The molecule has 0 rings (SSSR count). The lowest BCUT2D eigenvalue weighted by Gasteiger charge is -2.21. The highest BCUT2D eigenvalue weighted by Gasteiger charge is 2.30. The van der Waals surface area contributed by atoms with Gasteiger partial charge in [-0.25, -0.2) is 9.13 Å². The molecule has 630 valence electrons. The smallest absolute Gasteiger partial charge is 0.462 e. The van der Waals surface area contributed by atoms with E-state index in [-0.39, 0.29) is 25.7 Å². The van der Waals surface area contributed by atoms with Crippen molar-refractivity contribution in [2.45, 2.75) is 490 Å². The summed E-state index contributed by atoms with van der Waals surface area (Å²) in [5.74, 6) is -1.28. The number of carbonyl (C=O) groups excluding carboxylic acids is 4. The minimum Gasteiger partial charge on any atom is -0.462 e. The zero-order chi connectivity index (χ0) is 77.6. The Morgan fingerprint density at radius 1 is 0.255 bits per heavy atom. The summed E-state index contributed by atoms with van der Waals surface area (Å²) in [7, 11) is -9.92. The van der Waals surface area contributed by atoms with E-state index in [4.69, 9.17) is 37.0 Å². The summed E-state index contributed by atoms with van der Waals surface area (Å²) in [6.45, 7) is 7.38. The highest BCUT2D eigenvalue weighted by molar-refractivity contribution is 7.47. The Labute approximate surface area is 651 Å². The first kappa shape index (κ1) is 104. The van der Waals surface area contributed by atoms with Crippen LogP contribution in [-0.2, 0) is 65.4 Å². The second-order valence-electron chi connectivity index (χ2n) is 31.8. The molecule has 0 aromatic heterocycles. The van der Waals surface area contributed by atoms with Gasteiger partial charge in [0.1, 0.15) is 19.3 Å². The number of phosphoric ester groups is 2. The summed E-state index contributed by atoms with van der Waals surface area (Å²) >= 11 is 0.